The first-order chi connectivity index (χ1) is 14.2. The van der Waals surface area contributed by atoms with Gasteiger partial charge in [-0.2, -0.15) is 4.98 Å². The average molecular weight is 386 g/mol. The number of nitrogens with zero attached hydrogens (tertiary/aromatic N) is 5. The zero-order valence-electron chi connectivity index (χ0n) is 16.2. The standard InChI is InChI=1S/C22H22N6O/c1-27-9-11-28(12-10-27)17-6-4-15(5-7-17)20-25-19(22(29)26-20)13-16-14-24-21-18(16)3-2-8-23-21/h2-8,13-14,29H,9-12H2,1H3,(H,25,26)/b16-13+. The molecule has 1 aromatic carbocycles. The van der Waals surface area contributed by atoms with Crippen molar-refractivity contribution in [2.24, 2.45) is 4.99 Å². The number of aromatic amines is 1. The largest absolute Gasteiger partial charge is 0.492 e. The van der Waals surface area contributed by atoms with Crippen LogP contribution in [0, 0.1) is 0 Å². The van der Waals surface area contributed by atoms with Crippen LogP contribution >= 0.6 is 0 Å². The molecule has 146 valence electrons. The molecular weight excluding hydrogens is 364 g/mol. The van der Waals surface area contributed by atoms with Crippen LogP contribution in [-0.4, -0.2) is 64.4 Å². The maximum atomic E-state index is 10.3. The summed E-state index contributed by atoms with van der Waals surface area (Å²) < 4.78 is 0. The zero-order valence-corrected chi connectivity index (χ0v) is 16.2. The Morgan fingerprint density at radius 3 is 2.66 bits per heavy atom. The molecule has 0 unspecified atom stereocenters. The number of anilines is 1. The first-order valence-electron chi connectivity index (χ1n) is 9.71. The predicted octanol–water partition coefficient (Wildman–Crippen LogP) is 3.19. The van der Waals surface area contributed by atoms with Crippen molar-refractivity contribution in [3.63, 3.8) is 0 Å². The molecule has 3 aromatic rings. The van der Waals surface area contributed by atoms with Crippen molar-refractivity contribution in [2.45, 2.75) is 0 Å². The highest BCUT2D eigenvalue weighted by Crippen LogP contribution is 2.32. The Labute approximate surface area is 169 Å². The molecule has 7 heteroatoms. The highest BCUT2D eigenvalue weighted by Gasteiger charge is 2.17. The van der Waals surface area contributed by atoms with E-state index in [-0.39, 0.29) is 5.88 Å². The van der Waals surface area contributed by atoms with Gasteiger partial charge >= 0.3 is 0 Å². The number of imidazole rings is 1. The van der Waals surface area contributed by atoms with Crippen molar-refractivity contribution in [1.29, 1.82) is 0 Å². The Bertz CT molecular complexity index is 1090. The van der Waals surface area contributed by atoms with Gasteiger partial charge in [0.25, 0.3) is 0 Å². The number of aliphatic imine (C=N–C) groups is 1. The molecular formula is C22H22N6O. The Kier molecular flexibility index (Phi) is 4.37. The lowest BCUT2D eigenvalue weighted by Gasteiger charge is -2.34. The van der Waals surface area contributed by atoms with E-state index in [4.69, 9.17) is 0 Å². The van der Waals surface area contributed by atoms with Gasteiger partial charge in [0.15, 0.2) is 5.82 Å². The number of pyridine rings is 1. The van der Waals surface area contributed by atoms with E-state index in [1.54, 1.807) is 12.4 Å². The van der Waals surface area contributed by atoms with Crippen LogP contribution < -0.4 is 4.90 Å². The molecule has 0 saturated carbocycles. The maximum absolute atomic E-state index is 10.3. The quantitative estimate of drug-likeness (QED) is 0.723. The molecule has 2 N–H and O–H groups in total. The topological polar surface area (TPSA) is 80.6 Å². The minimum Gasteiger partial charge on any atom is -0.492 e. The second-order valence-corrected chi connectivity index (χ2v) is 7.39. The van der Waals surface area contributed by atoms with Gasteiger partial charge in [0.05, 0.1) is 0 Å². The Morgan fingerprint density at radius 1 is 1.07 bits per heavy atom. The van der Waals surface area contributed by atoms with Crippen molar-refractivity contribution >= 4 is 29.4 Å². The summed E-state index contributed by atoms with van der Waals surface area (Å²) >= 11 is 0. The number of H-pyrrole nitrogens is 1. The van der Waals surface area contributed by atoms with Gasteiger partial charge in [0, 0.05) is 61.0 Å². The second-order valence-electron chi connectivity index (χ2n) is 7.39. The van der Waals surface area contributed by atoms with Gasteiger partial charge in [0.2, 0.25) is 5.88 Å². The summed E-state index contributed by atoms with van der Waals surface area (Å²) in [4.78, 5) is 20.8. The van der Waals surface area contributed by atoms with E-state index in [1.807, 2.05) is 30.3 Å². The molecule has 2 aromatic heterocycles. The maximum Gasteiger partial charge on any atom is 0.237 e. The number of allylic oxidation sites excluding steroid dienone is 1. The monoisotopic (exact) mass is 386 g/mol. The number of piperazine rings is 1. The number of rotatable bonds is 3. The van der Waals surface area contributed by atoms with E-state index in [2.05, 4.69) is 48.9 Å². The van der Waals surface area contributed by atoms with Crippen LogP contribution in [0.4, 0.5) is 11.5 Å². The molecule has 29 heavy (non-hydrogen) atoms. The highest BCUT2D eigenvalue weighted by atomic mass is 16.3. The molecule has 0 bridgehead atoms. The highest BCUT2D eigenvalue weighted by molar-refractivity contribution is 6.20. The fourth-order valence-electron chi connectivity index (χ4n) is 3.71. The fraction of sp³-hybridized carbons (Fsp3) is 0.227. The third-order valence-corrected chi connectivity index (χ3v) is 5.44. The number of nitrogens with one attached hydrogen (secondary N) is 1. The van der Waals surface area contributed by atoms with Crippen LogP contribution in [0.3, 0.4) is 0 Å². The molecule has 0 amide bonds. The molecule has 4 heterocycles. The number of hydrogen-bond acceptors (Lipinski definition) is 6. The summed E-state index contributed by atoms with van der Waals surface area (Å²) in [5.41, 5.74) is 4.54. The number of likely N-dealkylation sites (N-methyl/N-ethyl adjacent to an activating group) is 1. The minimum absolute atomic E-state index is 0.0265. The smallest absolute Gasteiger partial charge is 0.237 e. The lowest BCUT2D eigenvalue weighted by atomic mass is 10.1. The number of aromatic nitrogens is 3. The molecule has 0 radical (unpaired) electrons. The summed E-state index contributed by atoms with van der Waals surface area (Å²) in [6.45, 7) is 4.22. The third kappa shape index (κ3) is 3.40. The first kappa shape index (κ1) is 17.6. The summed E-state index contributed by atoms with van der Waals surface area (Å²) in [5, 5.41) is 10.3. The second kappa shape index (κ2) is 7.18. The predicted molar refractivity (Wildman–Crippen MR) is 116 cm³/mol. The van der Waals surface area contributed by atoms with E-state index in [0.717, 1.165) is 42.9 Å². The van der Waals surface area contributed by atoms with Crippen molar-refractivity contribution in [3.05, 3.63) is 53.9 Å². The van der Waals surface area contributed by atoms with Gasteiger partial charge in [-0.15, -0.1) is 0 Å². The molecule has 2 aliphatic rings. The summed E-state index contributed by atoms with van der Waals surface area (Å²) in [6.07, 6.45) is 5.32. The Hall–Kier alpha value is -3.45. The lowest BCUT2D eigenvalue weighted by Crippen LogP contribution is -2.44. The van der Waals surface area contributed by atoms with Crippen molar-refractivity contribution in [3.8, 4) is 17.3 Å². The molecule has 0 atom stereocenters. The molecule has 1 fully saturated rings. The molecule has 1 saturated heterocycles. The van der Waals surface area contributed by atoms with Crippen molar-refractivity contribution in [2.75, 3.05) is 38.1 Å². The summed E-state index contributed by atoms with van der Waals surface area (Å²) in [5.74, 6) is 1.31. The van der Waals surface area contributed by atoms with Gasteiger partial charge in [-0.25, -0.2) is 9.98 Å². The number of benzene rings is 1. The molecule has 7 nitrogen and oxygen atoms in total. The lowest BCUT2D eigenvalue weighted by molar-refractivity contribution is 0.313. The summed E-state index contributed by atoms with van der Waals surface area (Å²) in [6, 6.07) is 12.2. The number of hydrogen-bond donors (Lipinski definition) is 2. The van der Waals surface area contributed by atoms with E-state index in [0.29, 0.717) is 17.3 Å². The fourth-order valence-corrected chi connectivity index (χ4v) is 3.71. The molecule has 0 spiro atoms. The average Bonchev–Trinajstić information content (AvgIpc) is 3.33. The number of fused-ring (bicyclic) bond motifs is 1. The Balaban J connectivity index is 1.38. The van der Waals surface area contributed by atoms with Crippen LogP contribution in [0.1, 0.15) is 11.3 Å². The first-order valence-corrected chi connectivity index (χ1v) is 9.71. The minimum atomic E-state index is -0.0265. The van der Waals surface area contributed by atoms with E-state index >= 15 is 0 Å². The van der Waals surface area contributed by atoms with Crippen LogP contribution in [-0.2, 0) is 0 Å². The van der Waals surface area contributed by atoms with Crippen LogP contribution in [0.2, 0.25) is 0 Å². The van der Waals surface area contributed by atoms with Gasteiger partial charge in [-0.3, -0.25) is 0 Å². The SMILES string of the molecule is CN1CCN(c2ccc(-c3nc(O)c(/C=C4\C=Nc5ncccc54)[nH]3)cc2)CC1. The van der Waals surface area contributed by atoms with Gasteiger partial charge in [-0.05, 0) is 49.5 Å². The Morgan fingerprint density at radius 2 is 1.86 bits per heavy atom. The molecule has 5 rings (SSSR count). The summed E-state index contributed by atoms with van der Waals surface area (Å²) in [7, 11) is 2.16. The van der Waals surface area contributed by atoms with Gasteiger partial charge in [-0.1, -0.05) is 0 Å². The third-order valence-electron chi connectivity index (χ3n) is 5.44. The normalized spacial score (nSPS) is 17.8. The molecule has 2 aliphatic heterocycles. The van der Waals surface area contributed by atoms with Crippen molar-refractivity contribution < 1.29 is 5.11 Å². The van der Waals surface area contributed by atoms with E-state index < -0.39 is 0 Å². The van der Waals surface area contributed by atoms with Crippen LogP contribution in [0.15, 0.2) is 47.6 Å². The van der Waals surface area contributed by atoms with Crippen molar-refractivity contribution in [1.82, 2.24) is 19.9 Å². The van der Waals surface area contributed by atoms with E-state index in [1.165, 1.54) is 5.69 Å². The number of aromatic hydroxyl groups is 1. The van der Waals surface area contributed by atoms with Gasteiger partial charge < -0.3 is 19.9 Å². The van der Waals surface area contributed by atoms with Crippen LogP contribution in [0.5, 0.6) is 5.88 Å². The van der Waals surface area contributed by atoms with E-state index in [9.17, 15) is 5.11 Å². The molecule has 0 aliphatic carbocycles. The van der Waals surface area contributed by atoms with Crippen LogP contribution in [0.25, 0.3) is 23.0 Å². The zero-order chi connectivity index (χ0) is 19.8. The van der Waals surface area contributed by atoms with Gasteiger partial charge in [0.1, 0.15) is 11.5 Å².